The van der Waals surface area contributed by atoms with Gasteiger partial charge in [-0.05, 0) is 36.8 Å². The van der Waals surface area contributed by atoms with Crippen LogP contribution in [-0.2, 0) is 4.74 Å². The van der Waals surface area contributed by atoms with E-state index in [1.807, 2.05) is 19.1 Å². The molecule has 34 heavy (non-hydrogen) atoms. The monoisotopic (exact) mass is 461 g/mol. The number of anilines is 2. The fraction of sp³-hybridized carbons (Fsp3) is 0.250. The first-order chi connectivity index (χ1) is 16.6. The number of fused-ring (bicyclic) bond motifs is 1. The molecule has 0 bridgehead atoms. The number of carbonyl (C=O) groups excluding carboxylic acids is 1. The van der Waals surface area contributed by atoms with Crippen molar-refractivity contribution < 1.29 is 13.9 Å². The third-order valence-corrected chi connectivity index (χ3v) is 5.76. The Balaban J connectivity index is 1.30. The van der Waals surface area contributed by atoms with E-state index in [2.05, 4.69) is 35.7 Å². The van der Waals surface area contributed by atoms with Gasteiger partial charge in [0.05, 0.1) is 24.8 Å². The number of carbonyl (C=O) groups is 1. The Labute approximate surface area is 195 Å². The number of amides is 2. The Bertz CT molecular complexity index is 1300. The maximum atomic E-state index is 13.1. The minimum absolute atomic E-state index is 0.296. The maximum Gasteiger partial charge on any atom is 0.320 e. The van der Waals surface area contributed by atoms with Crippen LogP contribution in [0.3, 0.4) is 0 Å². The highest BCUT2D eigenvalue weighted by molar-refractivity contribution is 5.96. The lowest BCUT2D eigenvalue weighted by Gasteiger charge is -2.27. The number of aromatic nitrogens is 4. The summed E-state index contributed by atoms with van der Waals surface area (Å²) in [7, 11) is 0. The third-order valence-electron chi connectivity index (χ3n) is 5.76. The SMILES string of the molecule is CC(NC(=O)Nc1cc2[nH]nc(-c3ccnc(N4CCOCC4)c3)c2cn1)c1ccc(F)cc1. The summed E-state index contributed by atoms with van der Waals surface area (Å²) in [6.07, 6.45) is 3.46. The van der Waals surface area contributed by atoms with E-state index >= 15 is 0 Å². The molecule has 1 aliphatic rings. The molecule has 3 N–H and O–H groups in total. The van der Waals surface area contributed by atoms with E-state index in [1.54, 1.807) is 30.6 Å². The Hall–Kier alpha value is -4.05. The number of hydrogen-bond donors (Lipinski definition) is 3. The fourth-order valence-electron chi connectivity index (χ4n) is 3.92. The maximum absolute atomic E-state index is 13.1. The van der Waals surface area contributed by atoms with Gasteiger partial charge in [-0.15, -0.1) is 0 Å². The number of morpholine rings is 1. The Morgan fingerprint density at radius 1 is 1.15 bits per heavy atom. The summed E-state index contributed by atoms with van der Waals surface area (Å²) in [4.78, 5) is 23.5. The molecule has 1 fully saturated rings. The van der Waals surface area contributed by atoms with E-state index in [-0.39, 0.29) is 11.9 Å². The van der Waals surface area contributed by atoms with Gasteiger partial charge in [-0.2, -0.15) is 5.10 Å². The van der Waals surface area contributed by atoms with E-state index in [0.717, 1.165) is 46.6 Å². The van der Waals surface area contributed by atoms with Gasteiger partial charge < -0.3 is 15.0 Å². The molecule has 9 nitrogen and oxygen atoms in total. The molecule has 1 aliphatic heterocycles. The van der Waals surface area contributed by atoms with Gasteiger partial charge in [0.2, 0.25) is 0 Å². The van der Waals surface area contributed by atoms with Gasteiger partial charge in [0, 0.05) is 42.5 Å². The van der Waals surface area contributed by atoms with Crippen LogP contribution < -0.4 is 15.5 Å². The lowest BCUT2D eigenvalue weighted by molar-refractivity contribution is 0.122. The smallest absolute Gasteiger partial charge is 0.320 e. The summed E-state index contributed by atoms with van der Waals surface area (Å²) < 4.78 is 18.5. The minimum atomic E-state index is -0.410. The second-order valence-electron chi connectivity index (χ2n) is 8.06. The lowest BCUT2D eigenvalue weighted by Crippen LogP contribution is -2.36. The summed E-state index contributed by atoms with van der Waals surface area (Å²) >= 11 is 0. The first kappa shape index (κ1) is 21.8. The van der Waals surface area contributed by atoms with E-state index < -0.39 is 6.03 Å². The van der Waals surface area contributed by atoms with E-state index in [1.165, 1.54) is 12.1 Å². The number of benzene rings is 1. The van der Waals surface area contributed by atoms with Gasteiger partial charge in [-0.1, -0.05) is 12.1 Å². The zero-order valence-electron chi connectivity index (χ0n) is 18.6. The number of pyridine rings is 2. The number of halogens is 1. The molecule has 10 heteroatoms. The van der Waals surface area contributed by atoms with Crippen molar-refractivity contribution in [2.45, 2.75) is 13.0 Å². The van der Waals surface area contributed by atoms with Gasteiger partial charge in [0.15, 0.2) is 0 Å². The van der Waals surface area contributed by atoms with Crippen LogP contribution in [0.4, 0.5) is 20.8 Å². The molecule has 1 aromatic carbocycles. The predicted molar refractivity (Wildman–Crippen MR) is 127 cm³/mol. The van der Waals surface area contributed by atoms with Crippen LogP contribution >= 0.6 is 0 Å². The molecular weight excluding hydrogens is 437 g/mol. The van der Waals surface area contributed by atoms with Crippen molar-refractivity contribution in [1.29, 1.82) is 0 Å². The minimum Gasteiger partial charge on any atom is -0.378 e. The predicted octanol–water partition coefficient (Wildman–Crippen LogP) is 3.88. The summed E-state index contributed by atoms with van der Waals surface area (Å²) in [5.74, 6) is 0.950. The number of H-pyrrole nitrogens is 1. The highest BCUT2D eigenvalue weighted by Gasteiger charge is 2.16. The number of rotatable bonds is 5. The fourth-order valence-corrected chi connectivity index (χ4v) is 3.92. The van der Waals surface area contributed by atoms with Crippen LogP contribution in [0.2, 0.25) is 0 Å². The molecule has 2 amide bonds. The van der Waals surface area contributed by atoms with Gasteiger partial charge in [0.25, 0.3) is 0 Å². The number of nitrogens with zero attached hydrogens (tertiary/aromatic N) is 4. The molecule has 4 heterocycles. The van der Waals surface area contributed by atoms with Crippen molar-refractivity contribution in [3.8, 4) is 11.3 Å². The Morgan fingerprint density at radius 2 is 1.94 bits per heavy atom. The van der Waals surface area contributed by atoms with Crippen LogP contribution in [0.25, 0.3) is 22.2 Å². The van der Waals surface area contributed by atoms with Crippen LogP contribution in [-0.4, -0.2) is 52.5 Å². The largest absolute Gasteiger partial charge is 0.378 e. The number of nitrogens with one attached hydrogen (secondary N) is 3. The van der Waals surface area contributed by atoms with Gasteiger partial charge in [-0.3, -0.25) is 10.4 Å². The van der Waals surface area contributed by atoms with Crippen molar-refractivity contribution >= 4 is 28.6 Å². The second-order valence-corrected chi connectivity index (χ2v) is 8.06. The van der Waals surface area contributed by atoms with Crippen molar-refractivity contribution in [2.75, 3.05) is 36.5 Å². The molecule has 0 saturated carbocycles. The molecule has 0 spiro atoms. The van der Waals surface area contributed by atoms with Gasteiger partial charge >= 0.3 is 6.03 Å². The van der Waals surface area contributed by atoms with Gasteiger partial charge in [0.1, 0.15) is 23.1 Å². The molecule has 1 atom stereocenters. The lowest BCUT2D eigenvalue weighted by atomic mass is 10.1. The number of aromatic amines is 1. The number of urea groups is 1. The Kier molecular flexibility index (Phi) is 6.05. The van der Waals surface area contributed by atoms with Gasteiger partial charge in [-0.25, -0.2) is 19.2 Å². The summed E-state index contributed by atoms with van der Waals surface area (Å²) in [6.45, 7) is 4.80. The normalized spacial score (nSPS) is 14.7. The zero-order chi connectivity index (χ0) is 23.5. The van der Waals surface area contributed by atoms with Crippen molar-refractivity contribution in [3.05, 3.63) is 66.2 Å². The van der Waals surface area contributed by atoms with Crippen LogP contribution in [0.1, 0.15) is 18.5 Å². The molecule has 0 aliphatic carbocycles. The number of ether oxygens (including phenoxy) is 1. The number of hydrogen-bond acceptors (Lipinski definition) is 6. The van der Waals surface area contributed by atoms with Crippen molar-refractivity contribution in [2.24, 2.45) is 0 Å². The van der Waals surface area contributed by atoms with E-state index in [0.29, 0.717) is 19.0 Å². The molecule has 3 aromatic heterocycles. The summed E-state index contributed by atoms with van der Waals surface area (Å²) in [5.41, 5.74) is 3.24. The Morgan fingerprint density at radius 3 is 2.74 bits per heavy atom. The first-order valence-electron chi connectivity index (χ1n) is 11.0. The third kappa shape index (κ3) is 4.67. The zero-order valence-corrected chi connectivity index (χ0v) is 18.6. The quantitative estimate of drug-likeness (QED) is 0.416. The first-order valence-corrected chi connectivity index (χ1v) is 11.0. The molecule has 5 rings (SSSR count). The van der Waals surface area contributed by atoms with Crippen molar-refractivity contribution in [1.82, 2.24) is 25.5 Å². The summed E-state index contributed by atoms with van der Waals surface area (Å²) in [5, 5.41) is 13.9. The molecule has 174 valence electrons. The highest BCUT2D eigenvalue weighted by Crippen LogP contribution is 2.29. The van der Waals surface area contributed by atoms with Crippen LogP contribution in [0.15, 0.2) is 54.9 Å². The molecule has 4 aromatic rings. The second kappa shape index (κ2) is 9.44. The average molecular weight is 462 g/mol. The van der Waals surface area contributed by atoms with Crippen molar-refractivity contribution in [3.63, 3.8) is 0 Å². The molecule has 0 radical (unpaired) electrons. The van der Waals surface area contributed by atoms with Crippen LogP contribution in [0, 0.1) is 5.82 Å². The topological polar surface area (TPSA) is 108 Å². The molecule has 1 unspecified atom stereocenters. The summed E-state index contributed by atoms with van der Waals surface area (Å²) in [6, 6.07) is 11.0. The molecular formula is C24H24FN7O2. The van der Waals surface area contributed by atoms with E-state index in [4.69, 9.17) is 4.74 Å². The highest BCUT2D eigenvalue weighted by atomic mass is 19.1. The standard InChI is InChI=1S/C24H24FN7O2/c1-15(16-2-4-18(25)5-3-16)28-24(33)29-21-13-20-19(14-27-21)23(31-30-20)17-6-7-26-22(12-17)32-8-10-34-11-9-32/h2-7,12-15H,8-11H2,1H3,(H,30,31)(H2,27,28,29,33). The van der Waals surface area contributed by atoms with E-state index in [9.17, 15) is 9.18 Å². The van der Waals surface area contributed by atoms with Crippen LogP contribution in [0.5, 0.6) is 0 Å². The average Bonchev–Trinajstić information content (AvgIpc) is 3.28. The molecule has 1 saturated heterocycles.